The number of allylic oxidation sites excluding steroid dienone is 2. The second-order valence-electron chi connectivity index (χ2n) is 5.34. The fraction of sp³-hybridized carbons (Fsp3) is 0.312. The summed E-state index contributed by atoms with van der Waals surface area (Å²) in [5, 5.41) is 0. The molecule has 4 heteroatoms. The van der Waals surface area contributed by atoms with Crippen molar-refractivity contribution in [1.29, 1.82) is 0 Å². The van der Waals surface area contributed by atoms with Gasteiger partial charge >= 0.3 is 0 Å². The third kappa shape index (κ3) is 2.54. The zero-order valence-corrected chi connectivity index (χ0v) is 11.6. The van der Waals surface area contributed by atoms with E-state index >= 15 is 0 Å². The van der Waals surface area contributed by atoms with Gasteiger partial charge in [-0.2, -0.15) is 0 Å². The van der Waals surface area contributed by atoms with E-state index in [2.05, 4.69) is 34.0 Å². The van der Waals surface area contributed by atoms with Gasteiger partial charge in [0.05, 0.1) is 5.56 Å². The Kier molecular flexibility index (Phi) is 3.46. The summed E-state index contributed by atoms with van der Waals surface area (Å²) in [7, 11) is 0. The van der Waals surface area contributed by atoms with E-state index in [4.69, 9.17) is 5.73 Å². The summed E-state index contributed by atoms with van der Waals surface area (Å²) in [5.74, 6) is 1.88. The van der Waals surface area contributed by atoms with Crippen LogP contribution in [0, 0.1) is 5.92 Å². The highest BCUT2D eigenvalue weighted by Gasteiger charge is 2.14. The van der Waals surface area contributed by atoms with Crippen molar-refractivity contribution < 1.29 is 0 Å². The van der Waals surface area contributed by atoms with Crippen LogP contribution in [-0.4, -0.2) is 15.0 Å². The Morgan fingerprint density at radius 1 is 1.20 bits per heavy atom. The van der Waals surface area contributed by atoms with Gasteiger partial charge in [0.2, 0.25) is 0 Å². The van der Waals surface area contributed by atoms with E-state index in [0.717, 1.165) is 29.9 Å². The topological polar surface area (TPSA) is 64.7 Å². The average Bonchev–Trinajstić information content (AvgIpc) is 2.50. The van der Waals surface area contributed by atoms with Gasteiger partial charge in [0.15, 0.2) is 5.82 Å². The predicted molar refractivity (Wildman–Crippen MR) is 80.7 cm³/mol. The number of aromatic nitrogens is 3. The van der Waals surface area contributed by atoms with Crippen LogP contribution in [0.4, 0.5) is 5.82 Å². The van der Waals surface area contributed by atoms with E-state index in [-0.39, 0.29) is 0 Å². The number of hydrogen-bond donors (Lipinski definition) is 1. The number of nitrogens with zero attached hydrogens (tertiary/aromatic N) is 3. The molecule has 102 valence electrons. The van der Waals surface area contributed by atoms with Crippen molar-refractivity contribution in [2.24, 2.45) is 5.92 Å². The predicted octanol–water partition coefficient (Wildman–Crippen LogP) is 3.32. The molecular formula is C16H18N4. The number of nitrogens with two attached hydrogens (primary N) is 1. The minimum absolute atomic E-state index is 0.477. The maximum absolute atomic E-state index is 5.96. The van der Waals surface area contributed by atoms with Gasteiger partial charge in [-0.25, -0.2) is 15.0 Å². The van der Waals surface area contributed by atoms with Gasteiger partial charge in [0, 0.05) is 18.6 Å². The average molecular weight is 266 g/mol. The van der Waals surface area contributed by atoms with Gasteiger partial charge in [-0.15, -0.1) is 0 Å². The molecule has 2 N–H and O–H groups in total. The molecule has 1 unspecified atom stereocenters. The van der Waals surface area contributed by atoms with Gasteiger partial charge in [-0.05, 0) is 48.4 Å². The fourth-order valence-corrected chi connectivity index (χ4v) is 2.50. The van der Waals surface area contributed by atoms with Crippen LogP contribution >= 0.6 is 0 Å². The van der Waals surface area contributed by atoms with E-state index in [1.54, 1.807) is 18.5 Å². The Balaban J connectivity index is 1.99. The van der Waals surface area contributed by atoms with Crippen LogP contribution in [-0.2, 0) is 0 Å². The maximum Gasteiger partial charge on any atom is 0.162 e. The molecule has 0 radical (unpaired) electrons. The van der Waals surface area contributed by atoms with Crippen molar-refractivity contribution in [3.63, 3.8) is 0 Å². The van der Waals surface area contributed by atoms with Crippen LogP contribution in [0.15, 0.2) is 36.8 Å². The highest BCUT2D eigenvalue weighted by Crippen LogP contribution is 2.32. The first-order chi connectivity index (χ1) is 9.74. The molecule has 4 nitrogen and oxygen atoms in total. The zero-order chi connectivity index (χ0) is 13.9. The molecule has 0 aromatic carbocycles. The molecule has 1 aliphatic rings. The van der Waals surface area contributed by atoms with Crippen LogP contribution < -0.4 is 5.73 Å². The standard InChI is InChI=1S/C16H18N4/c1-11-3-5-12(6-4-11)13-9-14(15(17)20-10-13)16-18-7-2-8-19-16/h2,5,7-11H,3-4,6H2,1H3,(H2,17,20). The van der Waals surface area contributed by atoms with Gasteiger partial charge in [-0.1, -0.05) is 13.0 Å². The van der Waals surface area contributed by atoms with Crippen LogP contribution in [0.25, 0.3) is 17.0 Å². The normalized spacial score (nSPS) is 18.6. The quantitative estimate of drug-likeness (QED) is 0.905. The Morgan fingerprint density at radius 3 is 2.70 bits per heavy atom. The molecule has 3 rings (SSSR count). The monoisotopic (exact) mass is 266 g/mol. The van der Waals surface area contributed by atoms with E-state index < -0.39 is 0 Å². The third-order valence-electron chi connectivity index (χ3n) is 3.77. The number of pyridine rings is 1. The molecule has 1 aliphatic carbocycles. The lowest BCUT2D eigenvalue weighted by molar-refractivity contribution is 0.534. The molecule has 0 amide bonds. The lowest BCUT2D eigenvalue weighted by Crippen LogP contribution is -2.03. The molecule has 0 aliphatic heterocycles. The summed E-state index contributed by atoms with van der Waals surface area (Å²) in [6.07, 6.45) is 11.1. The molecule has 0 bridgehead atoms. The smallest absolute Gasteiger partial charge is 0.162 e. The molecular weight excluding hydrogens is 248 g/mol. The Morgan fingerprint density at radius 2 is 2.00 bits per heavy atom. The van der Waals surface area contributed by atoms with Crippen LogP contribution in [0.2, 0.25) is 0 Å². The van der Waals surface area contributed by atoms with Crippen LogP contribution in [0.5, 0.6) is 0 Å². The number of rotatable bonds is 2. The number of nitrogen functional groups attached to an aromatic ring is 1. The van der Waals surface area contributed by atoms with E-state index in [9.17, 15) is 0 Å². The SMILES string of the molecule is CC1CC=C(c2cnc(N)c(-c3ncccn3)c2)CC1. The maximum atomic E-state index is 5.96. The van der Waals surface area contributed by atoms with Crippen molar-refractivity contribution >= 4 is 11.4 Å². The lowest BCUT2D eigenvalue weighted by atomic mass is 9.88. The minimum Gasteiger partial charge on any atom is -0.383 e. The fourth-order valence-electron chi connectivity index (χ4n) is 2.50. The summed E-state index contributed by atoms with van der Waals surface area (Å²) >= 11 is 0. The lowest BCUT2D eigenvalue weighted by Gasteiger charge is -2.18. The Labute approximate surface area is 118 Å². The van der Waals surface area contributed by atoms with E-state index in [1.165, 1.54) is 12.0 Å². The highest BCUT2D eigenvalue weighted by molar-refractivity contribution is 5.75. The van der Waals surface area contributed by atoms with Crippen LogP contribution in [0.1, 0.15) is 31.7 Å². The van der Waals surface area contributed by atoms with Crippen LogP contribution in [0.3, 0.4) is 0 Å². The molecule has 20 heavy (non-hydrogen) atoms. The molecule has 2 aromatic rings. The molecule has 0 spiro atoms. The largest absolute Gasteiger partial charge is 0.383 e. The van der Waals surface area contributed by atoms with E-state index in [1.807, 2.05) is 6.20 Å². The summed E-state index contributed by atoms with van der Waals surface area (Å²) in [6, 6.07) is 3.85. The zero-order valence-electron chi connectivity index (χ0n) is 11.6. The van der Waals surface area contributed by atoms with Gasteiger partial charge in [0.1, 0.15) is 5.82 Å². The Hall–Kier alpha value is -2.23. The van der Waals surface area contributed by atoms with Crippen molar-refractivity contribution in [2.75, 3.05) is 5.73 Å². The first-order valence-corrected chi connectivity index (χ1v) is 6.96. The van der Waals surface area contributed by atoms with E-state index in [0.29, 0.717) is 11.6 Å². The summed E-state index contributed by atoms with van der Waals surface area (Å²) in [5.41, 5.74) is 9.26. The summed E-state index contributed by atoms with van der Waals surface area (Å²) in [4.78, 5) is 12.8. The highest BCUT2D eigenvalue weighted by atomic mass is 14.9. The second-order valence-corrected chi connectivity index (χ2v) is 5.34. The van der Waals surface area contributed by atoms with Gasteiger partial charge in [-0.3, -0.25) is 0 Å². The van der Waals surface area contributed by atoms with Crippen molar-refractivity contribution in [3.05, 3.63) is 42.4 Å². The first kappa shape index (κ1) is 12.8. The molecule has 1 atom stereocenters. The Bertz CT molecular complexity index is 634. The van der Waals surface area contributed by atoms with Gasteiger partial charge < -0.3 is 5.73 Å². The van der Waals surface area contributed by atoms with Crippen molar-refractivity contribution in [2.45, 2.75) is 26.2 Å². The summed E-state index contributed by atoms with van der Waals surface area (Å²) in [6.45, 7) is 2.29. The minimum atomic E-state index is 0.477. The molecule has 0 saturated carbocycles. The third-order valence-corrected chi connectivity index (χ3v) is 3.77. The molecule has 0 saturated heterocycles. The van der Waals surface area contributed by atoms with Gasteiger partial charge in [0.25, 0.3) is 0 Å². The molecule has 2 aromatic heterocycles. The summed E-state index contributed by atoms with van der Waals surface area (Å²) < 4.78 is 0. The number of anilines is 1. The molecule has 0 fully saturated rings. The molecule has 2 heterocycles. The number of hydrogen-bond acceptors (Lipinski definition) is 4. The second kappa shape index (κ2) is 5.41. The van der Waals surface area contributed by atoms with Crippen molar-refractivity contribution in [3.8, 4) is 11.4 Å². The van der Waals surface area contributed by atoms with Crippen molar-refractivity contribution in [1.82, 2.24) is 15.0 Å². The first-order valence-electron chi connectivity index (χ1n) is 6.96.